The molecule has 1 heterocycles. The van der Waals surface area contributed by atoms with E-state index in [1.165, 1.54) is 11.3 Å². The first-order valence-electron chi connectivity index (χ1n) is 5.18. The second-order valence-corrected chi connectivity index (χ2v) is 5.86. The Morgan fingerprint density at radius 1 is 1.53 bits per heavy atom. The van der Waals surface area contributed by atoms with Crippen LogP contribution in [0.4, 0.5) is 0 Å². The van der Waals surface area contributed by atoms with Gasteiger partial charge in [0.05, 0.1) is 0 Å². The van der Waals surface area contributed by atoms with Gasteiger partial charge in [-0.1, -0.05) is 13.8 Å². The van der Waals surface area contributed by atoms with E-state index in [4.69, 9.17) is 5.11 Å². The van der Waals surface area contributed by atoms with Crippen LogP contribution < -0.4 is 5.32 Å². The minimum Gasteiger partial charge on any atom is -0.480 e. The van der Waals surface area contributed by atoms with Crippen LogP contribution in [0.1, 0.15) is 29.9 Å². The predicted molar refractivity (Wildman–Crippen MR) is 70.4 cm³/mol. The van der Waals surface area contributed by atoms with Crippen molar-refractivity contribution < 1.29 is 14.7 Å². The van der Waals surface area contributed by atoms with Crippen LogP contribution in [-0.2, 0) is 4.79 Å². The first kappa shape index (κ1) is 14.2. The summed E-state index contributed by atoms with van der Waals surface area (Å²) < 4.78 is 0.689. The minimum absolute atomic E-state index is 0.211. The summed E-state index contributed by atoms with van der Waals surface area (Å²) in [7, 11) is 0. The largest absolute Gasteiger partial charge is 0.480 e. The topological polar surface area (TPSA) is 66.4 Å². The van der Waals surface area contributed by atoms with Crippen LogP contribution in [0.15, 0.2) is 15.9 Å². The Balaban J connectivity index is 2.71. The molecule has 0 saturated heterocycles. The predicted octanol–water partition coefficient (Wildman–Crippen LogP) is 2.74. The van der Waals surface area contributed by atoms with E-state index >= 15 is 0 Å². The van der Waals surface area contributed by atoms with Crippen molar-refractivity contribution in [3.63, 3.8) is 0 Å². The van der Waals surface area contributed by atoms with Crippen molar-refractivity contribution in [1.29, 1.82) is 0 Å². The summed E-state index contributed by atoms with van der Waals surface area (Å²) in [4.78, 5) is 23.3. The molecule has 1 amide bonds. The van der Waals surface area contributed by atoms with Crippen LogP contribution in [0, 0.1) is 5.92 Å². The maximum atomic E-state index is 11.8. The summed E-state index contributed by atoms with van der Waals surface area (Å²) in [6.45, 7) is 3.84. The molecule has 0 bridgehead atoms. The van der Waals surface area contributed by atoms with Crippen molar-refractivity contribution >= 4 is 39.1 Å². The van der Waals surface area contributed by atoms with Gasteiger partial charge in [0.25, 0.3) is 5.91 Å². The zero-order valence-corrected chi connectivity index (χ0v) is 12.0. The fourth-order valence-corrected chi connectivity index (χ4v) is 2.83. The summed E-state index contributed by atoms with van der Waals surface area (Å²) in [5.41, 5.74) is 0. The molecule has 0 saturated carbocycles. The SMILES string of the molecule is CC(C)C[C@@H](NC(=O)c1sccc1Br)C(=O)O. The standard InChI is InChI=1S/C11H14BrNO3S/c1-6(2)5-8(11(15)16)13-10(14)9-7(12)3-4-17-9/h3-4,6,8H,5H2,1-2H3,(H,13,14)(H,15,16)/t8-/m1/s1. The van der Waals surface area contributed by atoms with Crippen molar-refractivity contribution in [2.24, 2.45) is 5.92 Å². The number of thiophene rings is 1. The number of aliphatic carboxylic acids is 1. The lowest BCUT2D eigenvalue weighted by atomic mass is 10.0. The monoisotopic (exact) mass is 319 g/mol. The quantitative estimate of drug-likeness (QED) is 0.877. The molecule has 2 N–H and O–H groups in total. The molecule has 0 aliphatic heterocycles. The molecule has 0 radical (unpaired) electrons. The van der Waals surface area contributed by atoms with Crippen LogP contribution in [0.3, 0.4) is 0 Å². The fourth-order valence-electron chi connectivity index (χ4n) is 1.37. The molecule has 1 atom stereocenters. The van der Waals surface area contributed by atoms with Crippen LogP contribution in [-0.4, -0.2) is 23.0 Å². The molecule has 0 unspecified atom stereocenters. The molecular formula is C11H14BrNO3S. The zero-order chi connectivity index (χ0) is 13.0. The number of amides is 1. The average Bonchev–Trinajstić information content (AvgIpc) is 2.62. The van der Waals surface area contributed by atoms with Gasteiger partial charge in [-0.25, -0.2) is 4.79 Å². The third kappa shape index (κ3) is 4.12. The van der Waals surface area contributed by atoms with Gasteiger partial charge in [-0.15, -0.1) is 11.3 Å². The molecule has 1 aromatic heterocycles. The van der Waals surface area contributed by atoms with Gasteiger partial charge >= 0.3 is 5.97 Å². The van der Waals surface area contributed by atoms with Gasteiger partial charge < -0.3 is 10.4 Å². The molecule has 94 valence electrons. The molecule has 4 nitrogen and oxygen atoms in total. The molecular weight excluding hydrogens is 306 g/mol. The van der Waals surface area contributed by atoms with Crippen molar-refractivity contribution in [3.05, 3.63) is 20.8 Å². The van der Waals surface area contributed by atoms with Gasteiger partial charge in [0.2, 0.25) is 0 Å². The molecule has 0 fully saturated rings. The van der Waals surface area contributed by atoms with E-state index in [2.05, 4.69) is 21.2 Å². The first-order chi connectivity index (χ1) is 7.91. The van der Waals surface area contributed by atoms with Crippen molar-refractivity contribution in [1.82, 2.24) is 5.32 Å². The van der Waals surface area contributed by atoms with Gasteiger partial charge in [0, 0.05) is 4.47 Å². The van der Waals surface area contributed by atoms with Gasteiger partial charge in [-0.3, -0.25) is 4.79 Å². The Morgan fingerprint density at radius 3 is 2.59 bits per heavy atom. The lowest BCUT2D eigenvalue weighted by Crippen LogP contribution is -2.41. The number of hydrogen-bond acceptors (Lipinski definition) is 3. The smallest absolute Gasteiger partial charge is 0.326 e. The highest BCUT2D eigenvalue weighted by Gasteiger charge is 2.23. The van der Waals surface area contributed by atoms with Crippen LogP contribution in [0.2, 0.25) is 0 Å². The highest BCUT2D eigenvalue weighted by atomic mass is 79.9. The lowest BCUT2D eigenvalue weighted by molar-refractivity contribution is -0.139. The van der Waals surface area contributed by atoms with Crippen molar-refractivity contribution in [3.8, 4) is 0 Å². The van der Waals surface area contributed by atoms with Crippen molar-refractivity contribution in [2.75, 3.05) is 0 Å². The zero-order valence-electron chi connectivity index (χ0n) is 9.57. The second kappa shape index (κ2) is 6.16. The van der Waals surface area contributed by atoms with Crippen LogP contribution in [0.5, 0.6) is 0 Å². The van der Waals surface area contributed by atoms with E-state index in [1.807, 2.05) is 13.8 Å². The van der Waals surface area contributed by atoms with E-state index in [0.717, 1.165) is 0 Å². The number of nitrogens with one attached hydrogen (secondary N) is 1. The number of halogens is 1. The van der Waals surface area contributed by atoms with E-state index < -0.39 is 12.0 Å². The van der Waals surface area contributed by atoms with E-state index in [0.29, 0.717) is 15.8 Å². The number of carbonyl (C=O) groups excluding carboxylic acids is 1. The third-order valence-electron chi connectivity index (χ3n) is 2.13. The van der Waals surface area contributed by atoms with Gasteiger partial charge in [-0.2, -0.15) is 0 Å². The average molecular weight is 320 g/mol. The highest BCUT2D eigenvalue weighted by Crippen LogP contribution is 2.22. The van der Waals surface area contributed by atoms with Gasteiger partial charge in [0.15, 0.2) is 0 Å². The lowest BCUT2D eigenvalue weighted by Gasteiger charge is -2.16. The molecule has 0 aromatic carbocycles. The Hall–Kier alpha value is -0.880. The number of rotatable bonds is 5. The Labute approximate surface area is 112 Å². The molecule has 17 heavy (non-hydrogen) atoms. The number of hydrogen-bond donors (Lipinski definition) is 2. The summed E-state index contributed by atoms with van der Waals surface area (Å²) in [6, 6.07) is 0.925. The summed E-state index contributed by atoms with van der Waals surface area (Å²) in [5.74, 6) is -1.14. The molecule has 0 aliphatic carbocycles. The summed E-state index contributed by atoms with van der Waals surface area (Å²) >= 11 is 4.53. The summed E-state index contributed by atoms with van der Waals surface area (Å²) in [5, 5.41) is 13.3. The normalized spacial score (nSPS) is 12.5. The summed E-state index contributed by atoms with van der Waals surface area (Å²) in [6.07, 6.45) is 0.421. The molecule has 0 spiro atoms. The van der Waals surface area contributed by atoms with Gasteiger partial charge in [0.1, 0.15) is 10.9 Å². The number of carboxylic acid groups (broad SMARTS) is 1. The van der Waals surface area contributed by atoms with Crippen LogP contribution >= 0.6 is 27.3 Å². The van der Waals surface area contributed by atoms with E-state index in [1.54, 1.807) is 11.4 Å². The van der Waals surface area contributed by atoms with E-state index in [9.17, 15) is 9.59 Å². The number of carbonyl (C=O) groups is 2. The molecule has 1 rings (SSSR count). The Morgan fingerprint density at radius 2 is 2.18 bits per heavy atom. The Bertz CT molecular complexity index is 417. The third-order valence-corrected chi connectivity index (χ3v) is 3.97. The Kier molecular flexibility index (Phi) is 5.14. The second-order valence-electron chi connectivity index (χ2n) is 4.09. The molecule has 6 heteroatoms. The fraction of sp³-hybridized carbons (Fsp3) is 0.455. The number of carboxylic acids is 1. The molecule has 1 aromatic rings. The molecule has 0 aliphatic rings. The van der Waals surface area contributed by atoms with Crippen LogP contribution in [0.25, 0.3) is 0 Å². The maximum absolute atomic E-state index is 11.8. The van der Waals surface area contributed by atoms with E-state index in [-0.39, 0.29) is 11.8 Å². The minimum atomic E-state index is -1.00. The van der Waals surface area contributed by atoms with Gasteiger partial charge in [-0.05, 0) is 39.7 Å². The maximum Gasteiger partial charge on any atom is 0.326 e. The van der Waals surface area contributed by atoms with Crippen molar-refractivity contribution in [2.45, 2.75) is 26.3 Å². The first-order valence-corrected chi connectivity index (χ1v) is 6.85. The highest BCUT2D eigenvalue weighted by molar-refractivity contribution is 9.10.